The van der Waals surface area contributed by atoms with E-state index in [1.165, 1.54) is 22.7 Å². The van der Waals surface area contributed by atoms with Crippen molar-refractivity contribution in [3.8, 4) is 0 Å². The summed E-state index contributed by atoms with van der Waals surface area (Å²) in [5.41, 5.74) is 2.60. The molecule has 0 radical (unpaired) electrons. The third kappa shape index (κ3) is 4.04. The van der Waals surface area contributed by atoms with Crippen LogP contribution in [0.15, 0.2) is 45.5 Å². The number of thiophene rings is 1. The van der Waals surface area contributed by atoms with Gasteiger partial charge in [0.05, 0.1) is 17.0 Å². The quantitative estimate of drug-likeness (QED) is 0.528. The normalized spacial score (nSPS) is 10.9. The van der Waals surface area contributed by atoms with Gasteiger partial charge in [0.25, 0.3) is 5.91 Å². The standard InChI is InChI=1S/C18H14N4O3S2/c1-10-19-13-7-11(4-5-14(13)25-10)20-16(23)8-12-9-27-18(21-12)22-17(24)15-3-2-6-26-15/h2-7,9H,8H2,1H3,(H,20,23)(H,21,22,24). The van der Waals surface area contributed by atoms with E-state index in [2.05, 4.69) is 20.6 Å². The second kappa shape index (κ2) is 7.29. The number of hydrogen-bond acceptors (Lipinski definition) is 7. The fourth-order valence-corrected chi connectivity index (χ4v) is 3.83. The number of rotatable bonds is 5. The molecule has 7 nitrogen and oxygen atoms in total. The van der Waals surface area contributed by atoms with E-state index in [9.17, 15) is 9.59 Å². The second-order valence-corrected chi connectivity index (χ2v) is 7.52. The zero-order valence-corrected chi connectivity index (χ0v) is 15.8. The van der Waals surface area contributed by atoms with Gasteiger partial charge in [-0.15, -0.1) is 22.7 Å². The molecule has 3 heterocycles. The highest BCUT2D eigenvalue weighted by Crippen LogP contribution is 2.21. The number of carbonyl (C=O) groups excluding carboxylic acids is 2. The van der Waals surface area contributed by atoms with Crippen LogP contribution in [0.3, 0.4) is 0 Å². The van der Waals surface area contributed by atoms with Gasteiger partial charge in [0.2, 0.25) is 5.91 Å². The largest absolute Gasteiger partial charge is 0.441 e. The molecule has 2 amide bonds. The monoisotopic (exact) mass is 398 g/mol. The van der Waals surface area contributed by atoms with Gasteiger partial charge < -0.3 is 9.73 Å². The number of anilines is 2. The third-order valence-corrected chi connectivity index (χ3v) is 5.31. The maximum absolute atomic E-state index is 12.3. The summed E-state index contributed by atoms with van der Waals surface area (Å²) in [7, 11) is 0. The predicted molar refractivity (Wildman–Crippen MR) is 105 cm³/mol. The molecule has 27 heavy (non-hydrogen) atoms. The summed E-state index contributed by atoms with van der Waals surface area (Å²) in [6.45, 7) is 1.77. The third-order valence-electron chi connectivity index (χ3n) is 3.64. The average molecular weight is 398 g/mol. The summed E-state index contributed by atoms with van der Waals surface area (Å²) in [4.78, 5) is 33.5. The van der Waals surface area contributed by atoms with Crippen molar-refractivity contribution in [2.24, 2.45) is 0 Å². The number of carbonyl (C=O) groups is 2. The SMILES string of the molecule is Cc1nc2cc(NC(=O)Cc3csc(NC(=O)c4cccs4)n3)ccc2o1. The first kappa shape index (κ1) is 17.4. The van der Waals surface area contributed by atoms with Crippen molar-refractivity contribution in [2.75, 3.05) is 10.6 Å². The molecule has 0 spiro atoms. The number of fused-ring (bicyclic) bond motifs is 1. The lowest BCUT2D eigenvalue weighted by atomic mass is 10.2. The number of oxazole rings is 1. The molecule has 136 valence electrons. The van der Waals surface area contributed by atoms with Gasteiger partial charge in [-0.1, -0.05) is 6.07 Å². The lowest BCUT2D eigenvalue weighted by Crippen LogP contribution is -2.15. The van der Waals surface area contributed by atoms with Gasteiger partial charge in [0, 0.05) is 18.0 Å². The molecule has 0 fully saturated rings. The molecule has 3 aromatic heterocycles. The summed E-state index contributed by atoms with van der Waals surface area (Å²) in [6.07, 6.45) is 0.112. The van der Waals surface area contributed by atoms with E-state index in [0.717, 1.165) is 0 Å². The van der Waals surface area contributed by atoms with Crippen LogP contribution in [0, 0.1) is 6.92 Å². The van der Waals surface area contributed by atoms with E-state index >= 15 is 0 Å². The number of amides is 2. The summed E-state index contributed by atoms with van der Waals surface area (Å²) in [5, 5.41) is 9.62. The highest BCUT2D eigenvalue weighted by molar-refractivity contribution is 7.14. The molecule has 0 bridgehead atoms. The molecule has 0 aliphatic rings. The summed E-state index contributed by atoms with van der Waals surface area (Å²) in [5.74, 6) is 0.177. The van der Waals surface area contributed by atoms with Crippen molar-refractivity contribution in [3.05, 3.63) is 57.6 Å². The first-order valence-electron chi connectivity index (χ1n) is 8.03. The zero-order chi connectivity index (χ0) is 18.8. The Morgan fingerprint density at radius 1 is 1.15 bits per heavy atom. The van der Waals surface area contributed by atoms with E-state index in [1.807, 2.05) is 11.4 Å². The molecule has 4 rings (SSSR count). The Kier molecular flexibility index (Phi) is 4.69. The molecule has 9 heteroatoms. The first-order valence-corrected chi connectivity index (χ1v) is 9.79. The number of nitrogens with zero attached hydrogens (tertiary/aromatic N) is 2. The van der Waals surface area contributed by atoms with Gasteiger partial charge in [-0.2, -0.15) is 0 Å². The number of hydrogen-bond donors (Lipinski definition) is 2. The second-order valence-electron chi connectivity index (χ2n) is 5.72. The summed E-state index contributed by atoms with van der Waals surface area (Å²) in [6, 6.07) is 8.85. The molecule has 2 N–H and O–H groups in total. The Morgan fingerprint density at radius 2 is 2.04 bits per heavy atom. The first-order chi connectivity index (χ1) is 13.1. The summed E-state index contributed by atoms with van der Waals surface area (Å²) < 4.78 is 5.42. The highest BCUT2D eigenvalue weighted by Gasteiger charge is 2.12. The fourth-order valence-electron chi connectivity index (χ4n) is 2.50. The van der Waals surface area contributed by atoms with Crippen molar-refractivity contribution in [1.29, 1.82) is 0 Å². The van der Waals surface area contributed by atoms with Crippen LogP contribution in [0.4, 0.5) is 10.8 Å². The lowest BCUT2D eigenvalue weighted by Gasteiger charge is -2.03. The maximum atomic E-state index is 12.3. The minimum Gasteiger partial charge on any atom is -0.441 e. The number of benzene rings is 1. The van der Waals surface area contributed by atoms with E-state index in [1.54, 1.807) is 36.6 Å². The topological polar surface area (TPSA) is 97.1 Å². The van der Waals surface area contributed by atoms with Crippen molar-refractivity contribution in [2.45, 2.75) is 13.3 Å². The number of nitrogens with one attached hydrogen (secondary N) is 2. The van der Waals surface area contributed by atoms with Crippen molar-refractivity contribution in [3.63, 3.8) is 0 Å². The van der Waals surface area contributed by atoms with Gasteiger partial charge in [0.1, 0.15) is 5.52 Å². The molecule has 0 saturated carbocycles. The number of thiazole rings is 1. The van der Waals surface area contributed by atoms with Gasteiger partial charge in [-0.3, -0.25) is 14.9 Å². The van der Waals surface area contributed by atoms with Crippen LogP contribution < -0.4 is 10.6 Å². The predicted octanol–water partition coefficient (Wildman–Crippen LogP) is 4.09. The van der Waals surface area contributed by atoms with Crippen LogP contribution in [0.5, 0.6) is 0 Å². The Balaban J connectivity index is 1.37. The molecule has 4 aromatic rings. The Morgan fingerprint density at radius 3 is 2.85 bits per heavy atom. The highest BCUT2D eigenvalue weighted by atomic mass is 32.1. The van der Waals surface area contributed by atoms with Crippen molar-refractivity contribution < 1.29 is 14.0 Å². The van der Waals surface area contributed by atoms with Crippen molar-refractivity contribution in [1.82, 2.24) is 9.97 Å². The molecule has 0 atom stereocenters. The van der Waals surface area contributed by atoms with Crippen LogP contribution >= 0.6 is 22.7 Å². The molecule has 0 aliphatic heterocycles. The number of aryl methyl sites for hydroxylation is 1. The van der Waals surface area contributed by atoms with Crippen LogP contribution in [-0.4, -0.2) is 21.8 Å². The van der Waals surface area contributed by atoms with Gasteiger partial charge in [-0.05, 0) is 29.6 Å². The maximum Gasteiger partial charge on any atom is 0.267 e. The molecule has 0 saturated heterocycles. The van der Waals surface area contributed by atoms with Gasteiger partial charge in [-0.25, -0.2) is 9.97 Å². The fraction of sp³-hybridized carbons (Fsp3) is 0.111. The molecule has 0 aliphatic carbocycles. The van der Waals surface area contributed by atoms with E-state index in [4.69, 9.17) is 4.42 Å². The Hall–Kier alpha value is -3.04. The number of aromatic nitrogens is 2. The summed E-state index contributed by atoms with van der Waals surface area (Å²) >= 11 is 2.65. The lowest BCUT2D eigenvalue weighted by molar-refractivity contribution is -0.115. The van der Waals surface area contributed by atoms with Gasteiger partial charge >= 0.3 is 0 Å². The molecule has 1 aromatic carbocycles. The van der Waals surface area contributed by atoms with E-state index < -0.39 is 0 Å². The average Bonchev–Trinajstić information content (AvgIpc) is 3.34. The van der Waals surface area contributed by atoms with Crippen molar-refractivity contribution >= 4 is 56.4 Å². The van der Waals surface area contributed by atoms with E-state index in [0.29, 0.717) is 38.4 Å². The minimum atomic E-state index is -0.202. The zero-order valence-electron chi connectivity index (χ0n) is 14.2. The van der Waals surface area contributed by atoms with Crippen LogP contribution in [0.1, 0.15) is 21.3 Å². The molecular formula is C18H14N4O3S2. The van der Waals surface area contributed by atoms with Crippen LogP contribution in [0.25, 0.3) is 11.1 Å². The van der Waals surface area contributed by atoms with Crippen LogP contribution in [0.2, 0.25) is 0 Å². The Labute approximate surface area is 162 Å². The van der Waals surface area contributed by atoms with E-state index in [-0.39, 0.29) is 18.2 Å². The Bertz CT molecular complexity index is 1120. The minimum absolute atomic E-state index is 0.112. The van der Waals surface area contributed by atoms with Crippen LogP contribution in [-0.2, 0) is 11.2 Å². The smallest absolute Gasteiger partial charge is 0.267 e. The van der Waals surface area contributed by atoms with Gasteiger partial charge in [0.15, 0.2) is 16.6 Å². The molecular weight excluding hydrogens is 384 g/mol. The molecule has 0 unspecified atom stereocenters.